The van der Waals surface area contributed by atoms with Crippen LogP contribution in [0.4, 0.5) is 0 Å². The fraction of sp³-hybridized carbons (Fsp3) is 0.522. The predicted molar refractivity (Wildman–Crippen MR) is 133 cm³/mol. The first-order chi connectivity index (χ1) is 16.5. The number of amidine groups is 1. The van der Waals surface area contributed by atoms with Gasteiger partial charge >= 0.3 is 5.97 Å². The van der Waals surface area contributed by atoms with Gasteiger partial charge in [-0.05, 0) is 45.1 Å². The van der Waals surface area contributed by atoms with Crippen LogP contribution in [0.2, 0.25) is 5.02 Å². The van der Waals surface area contributed by atoms with Crippen LogP contribution in [0, 0.1) is 12.3 Å². The third kappa shape index (κ3) is 5.79. The van der Waals surface area contributed by atoms with Crippen molar-refractivity contribution in [3.63, 3.8) is 0 Å². The molecule has 2 heterocycles. The van der Waals surface area contributed by atoms with Crippen LogP contribution in [-0.2, 0) is 14.4 Å². The Kier molecular flexibility index (Phi) is 8.79. The highest BCUT2D eigenvalue weighted by Gasteiger charge is 2.42. The van der Waals surface area contributed by atoms with E-state index in [4.69, 9.17) is 27.9 Å². The summed E-state index contributed by atoms with van der Waals surface area (Å²) in [4.78, 5) is 57.4. The Morgan fingerprint density at radius 3 is 2.49 bits per heavy atom. The Morgan fingerprint density at radius 2 is 1.89 bits per heavy atom. The molecule has 4 N–H and O–H groups in total. The molecule has 2 fully saturated rings. The van der Waals surface area contributed by atoms with Gasteiger partial charge in [0.05, 0.1) is 20.8 Å². The molecule has 1 aromatic rings. The van der Waals surface area contributed by atoms with Crippen LogP contribution in [-0.4, -0.2) is 75.3 Å². The summed E-state index contributed by atoms with van der Waals surface area (Å²) in [5.41, 5.74) is 5.93. The Labute approximate surface area is 212 Å². The van der Waals surface area contributed by atoms with E-state index in [1.807, 2.05) is 0 Å². The maximum Gasteiger partial charge on any atom is 0.347 e. The number of thiophene rings is 1. The largest absolute Gasteiger partial charge is 0.477 e. The number of aliphatic imine (C=N–C) groups is 1. The lowest BCUT2D eigenvalue weighted by Crippen LogP contribution is -2.55. The molecular formula is C23H29ClN5O5S. The summed E-state index contributed by atoms with van der Waals surface area (Å²) >= 11 is 7.18. The number of rotatable bonds is 6. The molecule has 10 nitrogen and oxygen atoms in total. The minimum absolute atomic E-state index is 0.0107. The van der Waals surface area contributed by atoms with E-state index in [-0.39, 0.29) is 32.3 Å². The molecule has 35 heavy (non-hydrogen) atoms. The Hall–Kier alpha value is -2.63. The Morgan fingerprint density at radius 1 is 1.23 bits per heavy atom. The molecule has 0 unspecified atom stereocenters. The lowest BCUT2D eigenvalue weighted by atomic mass is 9.93. The number of nitrogens with zero attached hydrogens (tertiary/aromatic N) is 3. The minimum Gasteiger partial charge on any atom is -0.477 e. The second kappa shape index (κ2) is 11.4. The molecule has 0 spiro atoms. The van der Waals surface area contributed by atoms with Crippen molar-refractivity contribution in [2.24, 2.45) is 10.7 Å². The molecule has 3 amide bonds. The number of hydrogen-bond donors (Lipinski definition) is 3. The summed E-state index contributed by atoms with van der Waals surface area (Å²) in [6.07, 6.45) is 5.70. The number of nitrogens with one attached hydrogen (secondary N) is 1. The number of carboxylic acids is 1. The van der Waals surface area contributed by atoms with E-state index in [0.29, 0.717) is 38.4 Å². The topological polar surface area (TPSA) is 157 Å². The highest BCUT2D eigenvalue weighted by atomic mass is 35.5. The van der Waals surface area contributed by atoms with E-state index in [1.165, 1.54) is 9.80 Å². The van der Waals surface area contributed by atoms with E-state index >= 15 is 0 Å². The van der Waals surface area contributed by atoms with Crippen molar-refractivity contribution >= 4 is 58.7 Å². The van der Waals surface area contributed by atoms with E-state index in [9.17, 15) is 19.2 Å². The minimum atomic E-state index is -1.33. The SMILES string of the molecule is [CH2]c1c(C(=O)N(C(=O)[C@@H]2CCCN2C(=O)[C@H](C)N)C2CCCCC2)sc(C(=N)N=CC(=O)O)c1Cl. The fourth-order valence-electron chi connectivity index (χ4n) is 4.55. The lowest BCUT2D eigenvalue weighted by molar-refractivity contribution is -0.144. The van der Waals surface area contributed by atoms with Gasteiger partial charge in [-0.3, -0.25) is 24.7 Å². The normalized spacial score (nSPS) is 19.7. The maximum absolute atomic E-state index is 13.8. The molecule has 189 valence electrons. The van der Waals surface area contributed by atoms with Gasteiger partial charge in [0.2, 0.25) is 5.91 Å². The first-order valence-corrected chi connectivity index (χ1v) is 12.7. The molecule has 12 heteroatoms. The molecule has 1 aliphatic heterocycles. The summed E-state index contributed by atoms with van der Waals surface area (Å²) in [5, 5.41) is 16.8. The summed E-state index contributed by atoms with van der Waals surface area (Å²) in [7, 11) is 0. The van der Waals surface area contributed by atoms with Crippen LogP contribution < -0.4 is 5.73 Å². The highest BCUT2D eigenvalue weighted by molar-refractivity contribution is 7.17. The summed E-state index contributed by atoms with van der Waals surface area (Å²) in [6, 6.07) is -1.87. The smallest absolute Gasteiger partial charge is 0.347 e. The average molecular weight is 523 g/mol. The third-order valence-corrected chi connectivity index (χ3v) is 8.02. The zero-order chi connectivity index (χ0) is 25.9. The molecule has 0 bridgehead atoms. The molecule has 2 atom stereocenters. The molecule has 1 saturated carbocycles. The number of halogens is 1. The highest BCUT2D eigenvalue weighted by Crippen LogP contribution is 2.36. The second-order valence-electron chi connectivity index (χ2n) is 8.78. The average Bonchev–Trinajstić information content (AvgIpc) is 3.43. The molecule has 0 aromatic carbocycles. The Balaban J connectivity index is 1.98. The standard InChI is InChI=1S/C23H29ClN5O5S/c1-12-17(24)19(20(26)27-11-16(30)31)35-18(12)23(34)29(14-7-4-3-5-8-14)22(33)15-9-6-10-28(15)21(32)13(2)25/h11,13-15,26H,1,3-10,25H2,2H3,(H,30,31)/t13-,15-/m0/s1. The summed E-state index contributed by atoms with van der Waals surface area (Å²) in [6.45, 7) is 5.83. The number of likely N-dealkylation sites (tertiary alicyclic amines) is 1. The van der Waals surface area contributed by atoms with Gasteiger partial charge in [0.25, 0.3) is 11.8 Å². The van der Waals surface area contributed by atoms with Crippen LogP contribution in [0.1, 0.15) is 72.0 Å². The van der Waals surface area contributed by atoms with Gasteiger partial charge in [-0.15, -0.1) is 11.3 Å². The molecular weight excluding hydrogens is 494 g/mol. The van der Waals surface area contributed by atoms with Crippen LogP contribution >= 0.6 is 22.9 Å². The van der Waals surface area contributed by atoms with Crippen LogP contribution in [0.5, 0.6) is 0 Å². The van der Waals surface area contributed by atoms with Crippen molar-refractivity contribution in [2.45, 2.75) is 70.0 Å². The molecule has 2 aliphatic rings. The van der Waals surface area contributed by atoms with Crippen molar-refractivity contribution in [3.8, 4) is 0 Å². The zero-order valence-corrected chi connectivity index (χ0v) is 21.0. The van der Waals surface area contributed by atoms with Crippen molar-refractivity contribution in [2.75, 3.05) is 6.54 Å². The van der Waals surface area contributed by atoms with Gasteiger partial charge in [-0.2, -0.15) is 0 Å². The molecule has 1 aromatic heterocycles. The van der Waals surface area contributed by atoms with Crippen LogP contribution in [0.25, 0.3) is 0 Å². The van der Waals surface area contributed by atoms with Gasteiger partial charge in [-0.25, -0.2) is 9.79 Å². The van der Waals surface area contributed by atoms with E-state index in [2.05, 4.69) is 11.9 Å². The summed E-state index contributed by atoms with van der Waals surface area (Å²) in [5.74, 6) is -3.12. The number of hydrogen-bond acceptors (Lipinski definition) is 7. The van der Waals surface area contributed by atoms with Crippen molar-refractivity contribution in [1.82, 2.24) is 9.80 Å². The zero-order valence-electron chi connectivity index (χ0n) is 19.5. The van der Waals surface area contributed by atoms with Crippen LogP contribution in [0.15, 0.2) is 4.99 Å². The quantitative estimate of drug-likeness (QED) is 0.296. The van der Waals surface area contributed by atoms with E-state index in [0.717, 1.165) is 30.6 Å². The molecule has 1 radical (unpaired) electrons. The van der Waals surface area contributed by atoms with Gasteiger partial charge in [0.1, 0.15) is 12.3 Å². The lowest BCUT2D eigenvalue weighted by Gasteiger charge is -2.36. The molecule has 3 rings (SSSR count). The molecule has 1 aliphatic carbocycles. The van der Waals surface area contributed by atoms with Crippen LogP contribution in [0.3, 0.4) is 0 Å². The first kappa shape index (κ1) is 27.0. The number of amides is 3. The van der Waals surface area contributed by atoms with E-state index < -0.39 is 35.7 Å². The summed E-state index contributed by atoms with van der Waals surface area (Å²) < 4.78 is 0. The van der Waals surface area contributed by atoms with Gasteiger partial charge in [0.15, 0.2) is 5.84 Å². The second-order valence-corrected chi connectivity index (χ2v) is 10.2. The third-order valence-electron chi connectivity index (χ3n) is 6.26. The Bertz CT molecular complexity index is 1060. The number of aliphatic carboxylic acids is 1. The number of nitrogens with two attached hydrogens (primary N) is 1. The fourth-order valence-corrected chi connectivity index (χ4v) is 5.89. The van der Waals surface area contributed by atoms with Gasteiger partial charge in [-0.1, -0.05) is 30.9 Å². The van der Waals surface area contributed by atoms with Gasteiger partial charge < -0.3 is 15.7 Å². The van der Waals surface area contributed by atoms with Gasteiger partial charge in [0, 0.05) is 12.6 Å². The first-order valence-electron chi connectivity index (χ1n) is 11.5. The van der Waals surface area contributed by atoms with Crippen molar-refractivity contribution < 1.29 is 24.3 Å². The van der Waals surface area contributed by atoms with Crippen molar-refractivity contribution in [3.05, 3.63) is 27.3 Å². The van der Waals surface area contributed by atoms with Crippen molar-refractivity contribution in [1.29, 1.82) is 5.41 Å². The monoisotopic (exact) mass is 522 g/mol. The number of carboxylic acid groups (broad SMARTS) is 1. The maximum atomic E-state index is 13.8. The van der Waals surface area contributed by atoms with E-state index in [1.54, 1.807) is 6.92 Å². The predicted octanol–water partition coefficient (Wildman–Crippen LogP) is 2.70. The molecule has 1 saturated heterocycles. The number of carbonyl (C=O) groups is 4. The number of imide groups is 1. The number of carbonyl (C=O) groups excluding carboxylic acids is 3.